The highest BCUT2D eigenvalue weighted by Crippen LogP contribution is 2.27. The Bertz CT molecular complexity index is 645. The molecule has 1 aromatic heterocycles. The number of fused-ring (bicyclic) bond motifs is 1. The van der Waals surface area contributed by atoms with Crippen molar-refractivity contribution in [2.24, 2.45) is 0 Å². The maximum absolute atomic E-state index is 11.1. The van der Waals surface area contributed by atoms with Crippen LogP contribution in [0.5, 0.6) is 0 Å². The summed E-state index contributed by atoms with van der Waals surface area (Å²) in [5.74, 6) is -1.20. The molecule has 2 aromatic rings. The summed E-state index contributed by atoms with van der Waals surface area (Å²) in [5.41, 5.74) is 0.102. The van der Waals surface area contributed by atoms with E-state index in [0.717, 1.165) is 6.07 Å². The number of carbonyl (C=O) groups is 1. The molecule has 0 amide bonds. The van der Waals surface area contributed by atoms with E-state index >= 15 is 0 Å². The van der Waals surface area contributed by atoms with E-state index in [4.69, 9.17) is 5.11 Å². The molecule has 0 fully saturated rings. The van der Waals surface area contributed by atoms with Crippen molar-refractivity contribution in [3.63, 3.8) is 0 Å². The molecule has 0 aliphatic heterocycles. The molecule has 0 atom stereocenters. The Labute approximate surface area is 102 Å². The number of carboxylic acid groups (broad SMARTS) is 1. The van der Waals surface area contributed by atoms with Crippen LogP contribution < -0.4 is 0 Å². The van der Waals surface area contributed by atoms with Gasteiger partial charge in [-0.2, -0.15) is 5.10 Å². The summed E-state index contributed by atoms with van der Waals surface area (Å²) in [4.78, 5) is 21.3. The Morgan fingerprint density at radius 3 is 2.67 bits per heavy atom. The molecule has 1 heterocycles. The number of benzene rings is 1. The summed E-state index contributed by atoms with van der Waals surface area (Å²) in [5, 5.41) is 24.4. The van der Waals surface area contributed by atoms with Gasteiger partial charge in [-0.1, -0.05) is 0 Å². The van der Waals surface area contributed by atoms with Crippen molar-refractivity contribution in [1.82, 2.24) is 9.78 Å². The number of rotatable bonds is 3. The fourth-order valence-electron chi connectivity index (χ4n) is 1.82. The molecular formula is C11H11N3O4. The third-order valence-corrected chi connectivity index (χ3v) is 2.63. The first-order valence-corrected chi connectivity index (χ1v) is 5.30. The second kappa shape index (κ2) is 4.10. The van der Waals surface area contributed by atoms with Crippen LogP contribution in [-0.2, 0) is 0 Å². The molecule has 7 heteroatoms. The lowest BCUT2D eigenvalue weighted by atomic mass is 10.1. The summed E-state index contributed by atoms with van der Waals surface area (Å²) in [7, 11) is 0. The molecule has 0 unspecified atom stereocenters. The van der Waals surface area contributed by atoms with Crippen molar-refractivity contribution in [2.75, 3.05) is 0 Å². The van der Waals surface area contributed by atoms with Crippen LogP contribution in [0.4, 0.5) is 5.69 Å². The molecule has 0 bridgehead atoms. The van der Waals surface area contributed by atoms with Gasteiger partial charge in [-0.25, -0.2) is 4.79 Å². The molecule has 1 aromatic carbocycles. The summed E-state index contributed by atoms with van der Waals surface area (Å²) in [6.45, 7) is 3.73. The number of hydrogen-bond donors (Lipinski definition) is 1. The van der Waals surface area contributed by atoms with Gasteiger partial charge in [0.05, 0.1) is 22.2 Å². The summed E-state index contributed by atoms with van der Waals surface area (Å²) >= 11 is 0. The lowest BCUT2D eigenvalue weighted by Gasteiger charge is -2.07. The van der Waals surface area contributed by atoms with E-state index in [2.05, 4.69) is 5.10 Å². The Morgan fingerprint density at radius 2 is 2.17 bits per heavy atom. The number of nitrogens with zero attached hydrogens (tertiary/aromatic N) is 3. The molecule has 0 saturated carbocycles. The quantitative estimate of drug-likeness (QED) is 0.664. The van der Waals surface area contributed by atoms with Gasteiger partial charge >= 0.3 is 5.97 Å². The third-order valence-electron chi connectivity index (χ3n) is 2.63. The third kappa shape index (κ3) is 1.79. The number of nitro benzene ring substituents is 1. The van der Waals surface area contributed by atoms with Gasteiger partial charge in [-0.3, -0.25) is 14.8 Å². The van der Waals surface area contributed by atoms with E-state index in [9.17, 15) is 14.9 Å². The van der Waals surface area contributed by atoms with Gasteiger partial charge in [0.25, 0.3) is 5.69 Å². The first kappa shape index (κ1) is 12.0. The maximum Gasteiger partial charge on any atom is 0.336 e. The minimum atomic E-state index is -1.20. The predicted octanol–water partition coefficient (Wildman–Crippen LogP) is 2.22. The Balaban J connectivity index is 2.83. The molecule has 0 radical (unpaired) electrons. The Kier molecular flexibility index (Phi) is 2.74. The van der Waals surface area contributed by atoms with Crippen LogP contribution in [0.25, 0.3) is 10.9 Å². The summed E-state index contributed by atoms with van der Waals surface area (Å²) in [6, 6.07) is 2.39. The van der Waals surface area contributed by atoms with Crippen LogP contribution in [0.3, 0.4) is 0 Å². The predicted molar refractivity (Wildman–Crippen MR) is 63.7 cm³/mol. The van der Waals surface area contributed by atoms with E-state index in [0.29, 0.717) is 10.9 Å². The zero-order valence-electron chi connectivity index (χ0n) is 9.82. The van der Waals surface area contributed by atoms with Gasteiger partial charge in [0.1, 0.15) is 0 Å². The van der Waals surface area contributed by atoms with Crippen LogP contribution in [0.1, 0.15) is 30.2 Å². The van der Waals surface area contributed by atoms with E-state index in [1.54, 1.807) is 4.68 Å². The minimum absolute atomic E-state index is 0.00820. The SMILES string of the molecule is CC(C)n1ncc2c(C(=O)O)cc([N+](=O)[O-])cc21. The van der Waals surface area contributed by atoms with Crippen molar-refractivity contribution < 1.29 is 14.8 Å². The van der Waals surface area contributed by atoms with E-state index in [1.165, 1.54) is 12.3 Å². The van der Waals surface area contributed by atoms with E-state index in [-0.39, 0.29) is 17.3 Å². The second-order valence-corrected chi connectivity index (χ2v) is 4.17. The lowest BCUT2D eigenvalue weighted by molar-refractivity contribution is -0.384. The Hall–Kier alpha value is -2.44. The van der Waals surface area contributed by atoms with Crippen LogP contribution in [0.15, 0.2) is 18.3 Å². The van der Waals surface area contributed by atoms with Gasteiger partial charge in [0.15, 0.2) is 0 Å². The average molecular weight is 249 g/mol. The second-order valence-electron chi connectivity index (χ2n) is 4.17. The number of nitro groups is 1. The maximum atomic E-state index is 11.1. The van der Waals surface area contributed by atoms with Gasteiger partial charge in [-0.05, 0) is 13.8 Å². The zero-order valence-corrected chi connectivity index (χ0v) is 9.82. The first-order chi connectivity index (χ1) is 8.41. The highest BCUT2D eigenvalue weighted by atomic mass is 16.6. The van der Waals surface area contributed by atoms with Crippen molar-refractivity contribution in [1.29, 1.82) is 0 Å². The Morgan fingerprint density at radius 1 is 1.50 bits per heavy atom. The summed E-state index contributed by atoms with van der Waals surface area (Å²) in [6.07, 6.45) is 1.42. The van der Waals surface area contributed by atoms with Crippen molar-refractivity contribution in [3.8, 4) is 0 Å². The van der Waals surface area contributed by atoms with Crippen molar-refractivity contribution in [2.45, 2.75) is 19.9 Å². The number of hydrogen-bond acceptors (Lipinski definition) is 4. The molecule has 0 aliphatic carbocycles. The molecule has 7 nitrogen and oxygen atoms in total. The van der Waals surface area contributed by atoms with Crippen molar-refractivity contribution in [3.05, 3.63) is 34.0 Å². The van der Waals surface area contributed by atoms with Crippen LogP contribution in [0.2, 0.25) is 0 Å². The molecule has 94 valence electrons. The zero-order chi connectivity index (χ0) is 13.4. The van der Waals surface area contributed by atoms with Crippen LogP contribution >= 0.6 is 0 Å². The topological polar surface area (TPSA) is 98.3 Å². The number of carboxylic acids is 1. The normalized spacial score (nSPS) is 11.1. The average Bonchev–Trinajstić information content (AvgIpc) is 2.70. The number of aromatic nitrogens is 2. The monoisotopic (exact) mass is 249 g/mol. The van der Waals surface area contributed by atoms with Gasteiger partial charge in [0.2, 0.25) is 0 Å². The smallest absolute Gasteiger partial charge is 0.336 e. The molecule has 0 saturated heterocycles. The number of aromatic carboxylic acids is 1. The number of non-ortho nitro benzene ring substituents is 1. The first-order valence-electron chi connectivity index (χ1n) is 5.30. The standard InChI is InChI=1S/C11H11N3O4/c1-6(2)13-10-4-7(14(17)18)3-8(11(15)16)9(10)5-12-13/h3-6H,1-2H3,(H,15,16). The minimum Gasteiger partial charge on any atom is -0.478 e. The molecule has 2 rings (SSSR count). The van der Waals surface area contributed by atoms with E-state index in [1.807, 2.05) is 13.8 Å². The lowest BCUT2D eigenvalue weighted by Crippen LogP contribution is -2.04. The molecular weight excluding hydrogens is 238 g/mol. The molecule has 0 spiro atoms. The highest BCUT2D eigenvalue weighted by molar-refractivity contribution is 6.03. The van der Waals surface area contributed by atoms with E-state index < -0.39 is 10.9 Å². The van der Waals surface area contributed by atoms with Crippen molar-refractivity contribution >= 4 is 22.6 Å². The molecule has 18 heavy (non-hydrogen) atoms. The summed E-state index contributed by atoms with van der Waals surface area (Å²) < 4.78 is 1.56. The largest absolute Gasteiger partial charge is 0.478 e. The fourth-order valence-corrected chi connectivity index (χ4v) is 1.82. The van der Waals surface area contributed by atoms with Gasteiger partial charge < -0.3 is 5.11 Å². The fraction of sp³-hybridized carbons (Fsp3) is 0.273. The van der Waals surface area contributed by atoms with Gasteiger partial charge in [0, 0.05) is 23.6 Å². The van der Waals surface area contributed by atoms with Crippen LogP contribution in [0, 0.1) is 10.1 Å². The van der Waals surface area contributed by atoms with Crippen LogP contribution in [-0.4, -0.2) is 25.8 Å². The molecule has 0 aliphatic rings. The molecule has 1 N–H and O–H groups in total. The van der Waals surface area contributed by atoms with Gasteiger partial charge in [-0.15, -0.1) is 0 Å². The highest BCUT2D eigenvalue weighted by Gasteiger charge is 2.19.